The fraction of sp³-hybridized carbons (Fsp3) is 0.588. The van der Waals surface area contributed by atoms with Crippen LogP contribution in [0.15, 0.2) is 18.2 Å². The molecule has 1 unspecified atom stereocenters. The standard InChI is InChI=1S/C17H26N2/c1-12-8-9-13(16(2,3)4)10-14(12)15(19-7)17(5,6)11-18/h8-10,15,19H,1-7H3. The van der Waals surface area contributed by atoms with Gasteiger partial charge in [-0.15, -0.1) is 0 Å². The minimum atomic E-state index is -0.435. The second-order valence-electron chi connectivity index (χ2n) is 6.88. The van der Waals surface area contributed by atoms with Crippen molar-refractivity contribution in [1.82, 2.24) is 5.32 Å². The van der Waals surface area contributed by atoms with Gasteiger partial charge in [-0.1, -0.05) is 39.0 Å². The van der Waals surface area contributed by atoms with E-state index in [0.717, 1.165) is 0 Å². The van der Waals surface area contributed by atoms with Crippen LogP contribution in [0.3, 0.4) is 0 Å². The monoisotopic (exact) mass is 258 g/mol. The zero-order valence-electron chi connectivity index (χ0n) is 13.3. The summed E-state index contributed by atoms with van der Waals surface area (Å²) in [6.07, 6.45) is 0. The molecule has 0 aliphatic heterocycles. The van der Waals surface area contributed by atoms with E-state index in [0.29, 0.717) is 0 Å². The van der Waals surface area contributed by atoms with Gasteiger partial charge in [-0.3, -0.25) is 0 Å². The molecular weight excluding hydrogens is 232 g/mol. The summed E-state index contributed by atoms with van der Waals surface area (Å²) in [6, 6.07) is 9.05. The Morgan fingerprint density at radius 1 is 1.16 bits per heavy atom. The number of nitriles is 1. The van der Waals surface area contributed by atoms with Crippen molar-refractivity contribution in [2.24, 2.45) is 5.41 Å². The Bertz CT molecular complexity index is 487. The van der Waals surface area contributed by atoms with Crippen molar-refractivity contribution in [3.05, 3.63) is 34.9 Å². The Balaban J connectivity index is 3.37. The molecule has 2 heteroatoms. The molecule has 1 atom stereocenters. The van der Waals surface area contributed by atoms with Crippen LogP contribution in [-0.4, -0.2) is 7.05 Å². The van der Waals surface area contributed by atoms with Crippen molar-refractivity contribution in [1.29, 1.82) is 5.26 Å². The molecule has 0 bridgehead atoms. The molecule has 1 aromatic rings. The third kappa shape index (κ3) is 3.36. The van der Waals surface area contributed by atoms with Crippen molar-refractivity contribution in [2.45, 2.75) is 53.0 Å². The molecule has 0 heterocycles. The van der Waals surface area contributed by atoms with Gasteiger partial charge in [-0.05, 0) is 49.9 Å². The van der Waals surface area contributed by atoms with Crippen molar-refractivity contribution in [3.63, 3.8) is 0 Å². The van der Waals surface area contributed by atoms with E-state index in [1.165, 1.54) is 16.7 Å². The molecule has 0 saturated carbocycles. The van der Waals surface area contributed by atoms with Gasteiger partial charge in [0.15, 0.2) is 0 Å². The van der Waals surface area contributed by atoms with E-state index in [1.54, 1.807) is 0 Å². The first-order valence-electron chi connectivity index (χ1n) is 6.83. The zero-order valence-corrected chi connectivity index (χ0v) is 13.3. The van der Waals surface area contributed by atoms with Crippen LogP contribution in [-0.2, 0) is 5.41 Å². The molecule has 0 radical (unpaired) electrons. The smallest absolute Gasteiger partial charge is 0.0712 e. The van der Waals surface area contributed by atoms with Gasteiger partial charge in [-0.2, -0.15) is 5.26 Å². The molecule has 0 fully saturated rings. The van der Waals surface area contributed by atoms with E-state index in [-0.39, 0.29) is 11.5 Å². The Morgan fingerprint density at radius 3 is 2.16 bits per heavy atom. The Morgan fingerprint density at radius 2 is 1.74 bits per heavy atom. The van der Waals surface area contributed by atoms with Gasteiger partial charge in [0.25, 0.3) is 0 Å². The quantitative estimate of drug-likeness (QED) is 0.886. The van der Waals surface area contributed by atoms with Crippen molar-refractivity contribution < 1.29 is 0 Å². The molecule has 0 aromatic heterocycles. The van der Waals surface area contributed by atoms with Crippen LogP contribution >= 0.6 is 0 Å². The first kappa shape index (κ1) is 15.7. The highest BCUT2D eigenvalue weighted by Crippen LogP contribution is 2.36. The topological polar surface area (TPSA) is 35.8 Å². The van der Waals surface area contributed by atoms with Crippen LogP contribution in [0.1, 0.15) is 57.4 Å². The van der Waals surface area contributed by atoms with Crippen LogP contribution in [0.2, 0.25) is 0 Å². The molecule has 0 amide bonds. The minimum absolute atomic E-state index is 0.0415. The van der Waals surface area contributed by atoms with E-state index in [2.05, 4.69) is 57.3 Å². The first-order valence-corrected chi connectivity index (χ1v) is 6.83. The van der Waals surface area contributed by atoms with E-state index in [4.69, 9.17) is 0 Å². The Hall–Kier alpha value is -1.33. The van der Waals surface area contributed by atoms with E-state index in [9.17, 15) is 5.26 Å². The molecule has 0 aliphatic carbocycles. The van der Waals surface area contributed by atoms with Gasteiger partial charge in [0, 0.05) is 0 Å². The summed E-state index contributed by atoms with van der Waals surface area (Å²) < 4.78 is 0. The lowest BCUT2D eigenvalue weighted by Gasteiger charge is -2.31. The van der Waals surface area contributed by atoms with E-state index < -0.39 is 5.41 Å². The summed E-state index contributed by atoms with van der Waals surface area (Å²) >= 11 is 0. The normalized spacial score (nSPS) is 14.0. The molecular formula is C17H26N2. The second-order valence-corrected chi connectivity index (χ2v) is 6.88. The average Bonchev–Trinajstić information content (AvgIpc) is 2.30. The number of hydrogen-bond donors (Lipinski definition) is 1. The van der Waals surface area contributed by atoms with E-state index in [1.807, 2.05) is 20.9 Å². The molecule has 19 heavy (non-hydrogen) atoms. The lowest BCUT2D eigenvalue weighted by atomic mass is 9.77. The molecule has 0 saturated heterocycles. The highest BCUT2D eigenvalue weighted by Gasteiger charge is 2.31. The lowest BCUT2D eigenvalue weighted by molar-refractivity contribution is 0.342. The molecule has 1 rings (SSSR count). The SMILES string of the molecule is CNC(c1cc(C(C)(C)C)ccc1C)C(C)(C)C#N. The third-order valence-corrected chi connectivity index (χ3v) is 3.75. The Kier molecular flexibility index (Phi) is 4.43. The van der Waals surface area contributed by atoms with E-state index >= 15 is 0 Å². The highest BCUT2D eigenvalue weighted by molar-refractivity contribution is 5.38. The van der Waals surface area contributed by atoms with Crippen LogP contribution in [0.25, 0.3) is 0 Å². The summed E-state index contributed by atoms with van der Waals surface area (Å²) in [4.78, 5) is 0. The number of benzene rings is 1. The number of nitrogens with one attached hydrogen (secondary N) is 1. The minimum Gasteiger partial charge on any atom is -0.312 e. The number of rotatable bonds is 3. The van der Waals surface area contributed by atoms with Gasteiger partial charge in [-0.25, -0.2) is 0 Å². The van der Waals surface area contributed by atoms with Crippen LogP contribution < -0.4 is 5.32 Å². The summed E-state index contributed by atoms with van der Waals surface area (Å²) in [6.45, 7) is 12.7. The van der Waals surface area contributed by atoms with Gasteiger partial charge in [0.2, 0.25) is 0 Å². The molecule has 1 N–H and O–H groups in total. The summed E-state index contributed by atoms with van der Waals surface area (Å²) in [7, 11) is 1.92. The summed E-state index contributed by atoms with van der Waals surface area (Å²) in [5.41, 5.74) is 3.45. The third-order valence-electron chi connectivity index (χ3n) is 3.75. The Labute approximate surface area is 117 Å². The molecule has 104 valence electrons. The average molecular weight is 258 g/mol. The number of hydrogen-bond acceptors (Lipinski definition) is 2. The lowest BCUT2D eigenvalue weighted by Crippen LogP contribution is -2.31. The second kappa shape index (κ2) is 5.35. The predicted molar refractivity (Wildman–Crippen MR) is 81.1 cm³/mol. The summed E-state index contributed by atoms with van der Waals surface area (Å²) in [5.74, 6) is 0. The molecule has 1 aromatic carbocycles. The maximum Gasteiger partial charge on any atom is 0.0712 e. The molecule has 0 aliphatic rings. The maximum atomic E-state index is 9.39. The summed E-state index contributed by atoms with van der Waals surface area (Å²) in [5, 5.41) is 12.7. The molecule has 2 nitrogen and oxygen atoms in total. The van der Waals surface area contributed by atoms with Gasteiger partial charge >= 0.3 is 0 Å². The van der Waals surface area contributed by atoms with Crippen LogP contribution in [0.4, 0.5) is 0 Å². The number of aryl methyl sites for hydroxylation is 1. The van der Waals surface area contributed by atoms with Crippen LogP contribution in [0.5, 0.6) is 0 Å². The van der Waals surface area contributed by atoms with Crippen molar-refractivity contribution >= 4 is 0 Å². The fourth-order valence-corrected chi connectivity index (χ4v) is 2.39. The van der Waals surface area contributed by atoms with Gasteiger partial charge < -0.3 is 5.32 Å². The first-order chi connectivity index (χ1) is 8.63. The molecule has 0 spiro atoms. The predicted octanol–water partition coefficient (Wildman–Crippen LogP) is 4.10. The zero-order chi connectivity index (χ0) is 14.8. The largest absolute Gasteiger partial charge is 0.312 e. The van der Waals surface area contributed by atoms with Gasteiger partial charge in [0.1, 0.15) is 0 Å². The maximum absolute atomic E-state index is 9.39. The highest BCUT2D eigenvalue weighted by atomic mass is 14.9. The van der Waals surface area contributed by atoms with Gasteiger partial charge in [0.05, 0.1) is 17.5 Å². The van der Waals surface area contributed by atoms with Crippen LogP contribution in [0, 0.1) is 23.7 Å². The van der Waals surface area contributed by atoms with Crippen molar-refractivity contribution in [2.75, 3.05) is 7.05 Å². The fourth-order valence-electron chi connectivity index (χ4n) is 2.39. The number of nitrogens with zero attached hydrogens (tertiary/aromatic N) is 1. The van der Waals surface area contributed by atoms with Crippen molar-refractivity contribution in [3.8, 4) is 6.07 Å².